The van der Waals surface area contributed by atoms with Gasteiger partial charge < -0.3 is 23.8 Å². The summed E-state index contributed by atoms with van der Waals surface area (Å²) < 4.78 is 24.6. The molecule has 1 aliphatic rings. The number of ether oxygens (including phenoxy) is 4. The Labute approximate surface area is 367 Å². The van der Waals surface area contributed by atoms with Crippen LogP contribution in [0.4, 0.5) is 0 Å². The summed E-state index contributed by atoms with van der Waals surface area (Å²) in [5.41, 5.74) is 0. The highest BCUT2D eigenvalue weighted by molar-refractivity contribution is 5.69. The van der Waals surface area contributed by atoms with Crippen molar-refractivity contribution in [3.05, 3.63) is 0 Å². The predicted octanol–water partition coefficient (Wildman–Crippen LogP) is 15.1. The van der Waals surface area contributed by atoms with E-state index in [1.54, 1.807) is 0 Å². The number of hydrogen-bond donors (Lipinski definition) is 0. The van der Waals surface area contributed by atoms with Crippen molar-refractivity contribution in [3.8, 4) is 0 Å². The predicted molar refractivity (Wildman–Crippen MR) is 250 cm³/mol. The molecule has 1 fully saturated rings. The average molecular weight is 836 g/mol. The van der Waals surface area contributed by atoms with Crippen LogP contribution >= 0.6 is 0 Å². The van der Waals surface area contributed by atoms with Crippen LogP contribution in [-0.2, 0) is 28.5 Å². The van der Waals surface area contributed by atoms with Gasteiger partial charge in [-0.25, -0.2) is 0 Å². The van der Waals surface area contributed by atoms with Crippen LogP contribution in [0.2, 0.25) is 0 Å². The van der Waals surface area contributed by atoms with Gasteiger partial charge in [-0.1, -0.05) is 182 Å². The zero-order valence-corrected chi connectivity index (χ0v) is 40.6. The van der Waals surface area contributed by atoms with Crippen molar-refractivity contribution in [1.29, 1.82) is 0 Å². The fourth-order valence-corrected chi connectivity index (χ4v) is 8.79. The Kier molecular flexibility index (Phi) is 36.4. The quantitative estimate of drug-likeness (QED) is 0.0447. The van der Waals surface area contributed by atoms with Crippen LogP contribution in [0.5, 0.6) is 0 Å². The normalized spacial score (nSPS) is 15.3. The zero-order chi connectivity index (χ0) is 43.2. The summed E-state index contributed by atoms with van der Waals surface area (Å²) in [5.74, 6) is 0.948. The van der Waals surface area contributed by atoms with Crippen molar-refractivity contribution < 1.29 is 28.5 Å². The summed E-state index contributed by atoms with van der Waals surface area (Å²) >= 11 is 0. The lowest BCUT2D eigenvalue weighted by Gasteiger charge is -2.30. The Morgan fingerprint density at radius 2 is 0.915 bits per heavy atom. The molecule has 1 rings (SSSR count). The van der Waals surface area contributed by atoms with Gasteiger partial charge in [-0.3, -0.25) is 9.59 Å². The summed E-state index contributed by atoms with van der Waals surface area (Å²) in [7, 11) is 2.17. The summed E-state index contributed by atoms with van der Waals surface area (Å²) in [6, 6.07) is 0.485. The van der Waals surface area contributed by atoms with E-state index in [1.807, 2.05) is 0 Å². The highest BCUT2D eigenvalue weighted by Gasteiger charge is 2.40. The van der Waals surface area contributed by atoms with E-state index in [4.69, 9.17) is 18.9 Å². The van der Waals surface area contributed by atoms with E-state index in [-0.39, 0.29) is 18.0 Å². The third-order valence-corrected chi connectivity index (χ3v) is 13.1. The number of carbonyl (C=O) groups excluding carboxylic acids is 2. The Balaban J connectivity index is 2.31. The molecule has 0 bridgehead atoms. The molecule has 0 aromatic rings. The second-order valence-electron chi connectivity index (χ2n) is 19.0. The van der Waals surface area contributed by atoms with Gasteiger partial charge in [0.2, 0.25) is 0 Å². The molecule has 0 amide bonds. The van der Waals surface area contributed by atoms with E-state index in [2.05, 4.69) is 53.5 Å². The van der Waals surface area contributed by atoms with E-state index in [1.165, 1.54) is 128 Å². The van der Waals surface area contributed by atoms with Crippen LogP contribution in [0, 0.1) is 11.8 Å². The molecular weight excluding hydrogens is 735 g/mol. The number of carbonyl (C=O) groups is 2. The highest BCUT2D eigenvalue weighted by Crippen LogP contribution is 2.35. The molecule has 0 N–H and O–H groups in total. The molecule has 1 unspecified atom stereocenters. The molecule has 7 heteroatoms. The van der Waals surface area contributed by atoms with Crippen LogP contribution < -0.4 is 0 Å². The first-order chi connectivity index (χ1) is 28.7. The Morgan fingerprint density at radius 1 is 0.542 bits per heavy atom. The van der Waals surface area contributed by atoms with E-state index in [0.717, 1.165) is 83.6 Å². The molecule has 0 saturated carbocycles. The zero-order valence-electron chi connectivity index (χ0n) is 40.6. The highest BCUT2D eigenvalue weighted by atomic mass is 16.7. The summed E-state index contributed by atoms with van der Waals surface area (Å²) in [4.78, 5) is 27.2. The maximum absolute atomic E-state index is 12.4. The van der Waals surface area contributed by atoms with Crippen LogP contribution in [0.3, 0.4) is 0 Å². The Hall–Kier alpha value is -1.18. The van der Waals surface area contributed by atoms with E-state index < -0.39 is 5.79 Å². The lowest BCUT2D eigenvalue weighted by molar-refractivity contribution is -0.181. The van der Waals surface area contributed by atoms with Crippen molar-refractivity contribution in [2.24, 2.45) is 11.8 Å². The fourth-order valence-electron chi connectivity index (χ4n) is 8.79. The lowest BCUT2D eigenvalue weighted by atomic mass is 9.92. The molecule has 59 heavy (non-hydrogen) atoms. The van der Waals surface area contributed by atoms with Gasteiger partial charge in [-0.15, -0.1) is 0 Å². The van der Waals surface area contributed by atoms with Crippen molar-refractivity contribution >= 4 is 11.9 Å². The molecule has 350 valence electrons. The third kappa shape index (κ3) is 31.3. The molecule has 1 heterocycles. The number of unbranched alkanes of at least 4 members (excludes halogenated alkanes) is 18. The molecule has 1 aliphatic heterocycles. The SMILES string of the molecule is CCCCCC(CCCCC)CCOC(=O)CCCCCCCCC1(CCCCCCCCC(=O)OCCC(CCCCC)CCCCC)OCC(CN(C)C(C)C)O1. The molecule has 7 nitrogen and oxygen atoms in total. The van der Waals surface area contributed by atoms with Crippen LogP contribution in [0.1, 0.15) is 260 Å². The molecular formula is C52H101NO6. The van der Waals surface area contributed by atoms with Crippen LogP contribution in [-0.4, -0.2) is 68.2 Å². The molecule has 0 spiro atoms. The minimum absolute atomic E-state index is 0.00853. The maximum atomic E-state index is 12.4. The van der Waals surface area contributed by atoms with Crippen molar-refractivity contribution in [1.82, 2.24) is 4.90 Å². The van der Waals surface area contributed by atoms with Crippen LogP contribution in [0.25, 0.3) is 0 Å². The van der Waals surface area contributed by atoms with Gasteiger partial charge in [0.05, 0.1) is 25.9 Å². The van der Waals surface area contributed by atoms with Crippen LogP contribution in [0.15, 0.2) is 0 Å². The minimum atomic E-state index is -0.452. The molecule has 1 saturated heterocycles. The van der Waals surface area contributed by atoms with Crippen molar-refractivity contribution in [3.63, 3.8) is 0 Å². The average Bonchev–Trinajstić information content (AvgIpc) is 3.61. The number of likely N-dealkylation sites (N-methyl/N-ethyl adjacent to an activating group) is 1. The van der Waals surface area contributed by atoms with Gasteiger partial charge in [0, 0.05) is 38.3 Å². The first-order valence-corrected chi connectivity index (χ1v) is 26.0. The summed E-state index contributed by atoms with van der Waals surface area (Å²) in [5, 5.41) is 0. The maximum Gasteiger partial charge on any atom is 0.305 e. The summed E-state index contributed by atoms with van der Waals surface area (Å²) in [6.07, 6.45) is 39.2. The largest absolute Gasteiger partial charge is 0.466 e. The van der Waals surface area contributed by atoms with Gasteiger partial charge >= 0.3 is 11.9 Å². The third-order valence-electron chi connectivity index (χ3n) is 13.1. The first-order valence-electron chi connectivity index (χ1n) is 26.0. The minimum Gasteiger partial charge on any atom is -0.466 e. The number of hydrogen-bond acceptors (Lipinski definition) is 7. The lowest BCUT2D eigenvalue weighted by Crippen LogP contribution is -2.37. The van der Waals surface area contributed by atoms with Crippen molar-refractivity contribution in [2.45, 2.75) is 278 Å². The second-order valence-corrected chi connectivity index (χ2v) is 19.0. The smallest absolute Gasteiger partial charge is 0.305 e. The van der Waals surface area contributed by atoms with Crippen molar-refractivity contribution in [2.75, 3.05) is 33.4 Å². The molecule has 0 aromatic carbocycles. The monoisotopic (exact) mass is 836 g/mol. The molecule has 1 atom stereocenters. The van der Waals surface area contributed by atoms with E-state index in [0.29, 0.717) is 50.5 Å². The van der Waals surface area contributed by atoms with E-state index in [9.17, 15) is 9.59 Å². The molecule has 0 radical (unpaired) electrons. The Morgan fingerprint density at radius 3 is 1.29 bits per heavy atom. The molecule has 0 aromatic heterocycles. The van der Waals surface area contributed by atoms with Gasteiger partial charge in [0.1, 0.15) is 0 Å². The fraction of sp³-hybridized carbons (Fsp3) is 0.962. The number of nitrogens with zero attached hydrogens (tertiary/aromatic N) is 1. The summed E-state index contributed by atoms with van der Waals surface area (Å²) in [6.45, 7) is 16.3. The second kappa shape index (κ2) is 38.5. The van der Waals surface area contributed by atoms with Gasteiger partial charge in [-0.05, 0) is 71.3 Å². The van der Waals surface area contributed by atoms with Gasteiger partial charge in [0.25, 0.3) is 0 Å². The number of rotatable bonds is 43. The van der Waals surface area contributed by atoms with Gasteiger partial charge in [-0.2, -0.15) is 0 Å². The van der Waals surface area contributed by atoms with Gasteiger partial charge in [0.15, 0.2) is 5.79 Å². The first kappa shape index (κ1) is 55.8. The number of esters is 2. The standard InChI is InChI=1S/C52H101NO6/c1-8-12-24-32-47(33-25-13-9-2)38-42-56-50(54)36-28-20-16-18-22-30-40-52(58-45-49(59-52)44-53(7)46(5)6)41-31-23-19-17-21-29-37-51(55)57-43-39-48(34-26-14-10-3)35-27-15-11-4/h46-49H,8-45H2,1-7H3. The molecule has 0 aliphatic carbocycles. The van der Waals surface area contributed by atoms with E-state index >= 15 is 0 Å². The Bertz CT molecular complexity index is 879. The topological polar surface area (TPSA) is 74.3 Å².